The highest BCUT2D eigenvalue weighted by molar-refractivity contribution is 6.31. The summed E-state index contributed by atoms with van der Waals surface area (Å²) in [5.41, 5.74) is 2.11. The fraction of sp³-hybridized carbons (Fsp3) is 0.273. The van der Waals surface area contributed by atoms with E-state index in [1.165, 1.54) is 11.0 Å². The molecule has 0 aliphatic carbocycles. The molecule has 3 aromatic rings. The van der Waals surface area contributed by atoms with Gasteiger partial charge in [-0.2, -0.15) is 4.98 Å². The molecule has 0 spiro atoms. The summed E-state index contributed by atoms with van der Waals surface area (Å²) >= 11 is 5.71. The molecular formula is C22H23ClF2N6. The Morgan fingerprint density at radius 3 is 2.61 bits per heavy atom. The van der Waals surface area contributed by atoms with Gasteiger partial charge in [-0.15, -0.1) is 0 Å². The predicted octanol–water partition coefficient (Wildman–Crippen LogP) is 4.67. The monoisotopic (exact) mass is 444 g/mol. The van der Waals surface area contributed by atoms with Crippen LogP contribution in [0.5, 0.6) is 0 Å². The summed E-state index contributed by atoms with van der Waals surface area (Å²) < 4.78 is 27.9. The van der Waals surface area contributed by atoms with Crippen LogP contribution in [0, 0.1) is 11.6 Å². The van der Waals surface area contributed by atoms with Gasteiger partial charge in [0.2, 0.25) is 5.95 Å². The minimum atomic E-state index is -0.836. The van der Waals surface area contributed by atoms with Crippen molar-refractivity contribution in [3.63, 3.8) is 0 Å². The lowest BCUT2D eigenvalue weighted by atomic mass is 10.2. The lowest BCUT2D eigenvalue weighted by Gasteiger charge is -2.34. The molecular weight excluding hydrogens is 422 g/mol. The Balaban J connectivity index is 1.53. The molecule has 1 N–H and O–H groups in total. The molecule has 31 heavy (non-hydrogen) atoms. The average Bonchev–Trinajstić information content (AvgIpc) is 2.78. The van der Waals surface area contributed by atoms with Crippen LogP contribution in [0.25, 0.3) is 0 Å². The highest BCUT2D eigenvalue weighted by Crippen LogP contribution is 2.31. The van der Waals surface area contributed by atoms with Crippen molar-refractivity contribution in [2.24, 2.45) is 0 Å². The zero-order valence-electron chi connectivity index (χ0n) is 17.3. The second-order valence-corrected chi connectivity index (χ2v) is 7.84. The minimum absolute atomic E-state index is 0.119. The van der Waals surface area contributed by atoms with Gasteiger partial charge in [0.25, 0.3) is 0 Å². The SMILES string of the molecule is CN1CCN(c2cccc(Nc3nccc(N(C)c4ccc(F)c(Cl)c4F)n3)c2)CC1. The second-order valence-electron chi connectivity index (χ2n) is 7.46. The minimum Gasteiger partial charge on any atom is -0.369 e. The number of piperazine rings is 1. The Morgan fingerprint density at radius 1 is 1.06 bits per heavy atom. The number of rotatable bonds is 5. The standard InChI is InChI=1S/C22H23ClF2N6/c1-29-10-12-31(13-11-29)16-5-3-4-15(14-16)27-22-26-9-8-19(28-22)30(2)18-7-6-17(24)20(23)21(18)25/h3-9,14H,10-13H2,1-2H3,(H,26,27,28). The van der Waals surface area contributed by atoms with Crippen molar-refractivity contribution in [2.45, 2.75) is 0 Å². The summed E-state index contributed by atoms with van der Waals surface area (Å²) in [4.78, 5) is 14.9. The molecule has 1 fully saturated rings. The van der Waals surface area contributed by atoms with Crippen molar-refractivity contribution in [1.82, 2.24) is 14.9 Å². The van der Waals surface area contributed by atoms with Gasteiger partial charge in [0.15, 0.2) is 5.82 Å². The van der Waals surface area contributed by atoms with E-state index < -0.39 is 16.7 Å². The third-order valence-electron chi connectivity index (χ3n) is 5.33. The summed E-state index contributed by atoms with van der Waals surface area (Å²) in [7, 11) is 3.76. The lowest BCUT2D eigenvalue weighted by Crippen LogP contribution is -2.44. The smallest absolute Gasteiger partial charge is 0.229 e. The molecule has 2 aromatic carbocycles. The number of benzene rings is 2. The van der Waals surface area contributed by atoms with Crippen LogP contribution >= 0.6 is 11.6 Å². The van der Waals surface area contributed by atoms with E-state index in [0.717, 1.165) is 43.6 Å². The summed E-state index contributed by atoms with van der Waals surface area (Å²) in [6.07, 6.45) is 1.58. The zero-order valence-corrected chi connectivity index (χ0v) is 18.1. The number of nitrogens with zero attached hydrogens (tertiary/aromatic N) is 5. The van der Waals surface area contributed by atoms with E-state index in [9.17, 15) is 8.78 Å². The Morgan fingerprint density at radius 2 is 1.84 bits per heavy atom. The molecule has 0 saturated carbocycles. The molecule has 2 heterocycles. The van der Waals surface area contributed by atoms with Gasteiger partial charge in [-0.3, -0.25) is 0 Å². The molecule has 0 unspecified atom stereocenters. The fourth-order valence-corrected chi connectivity index (χ4v) is 3.63. The number of likely N-dealkylation sites (N-methyl/N-ethyl adjacent to an activating group) is 1. The molecule has 0 amide bonds. The molecule has 1 aliphatic heterocycles. The van der Waals surface area contributed by atoms with Crippen molar-refractivity contribution < 1.29 is 8.78 Å². The summed E-state index contributed by atoms with van der Waals surface area (Å²) in [5.74, 6) is -0.832. The number of halogens is 3. The van der Waals surface area contributed by atoms with Crippen LogP contribution < -0.4 is 15.1 Å². The molecule has 1 saturated heterocycles. The van der Waals surface area contributed by atoms with Gasteiger partial charge >= 0.3 is 0 Å². The normalized spacial score (nSPS) is 14.5. The van der Waals surface area contributed by atoms with E-state index in [4.69, 9.17) is 11.6 Å². The third kappa shape index (κ3) is 4.70. The lowest BCUT2D eigenvalue weighted by molar-refractivity contribution is 0.313. The van der Waals surface area contributed by atoms with Gasteiger partial charge in [-0.05, 0) is 43.4 Å². The highest BCUT2D eigenvalue weighted by Gasteiger charge is 2.17. The Hall–Kier alpha value is -2.97. The number of nitrogens with one attached hydrogen (secondary N) is 1. The molecule has 6 nitrogen and oxygen atoms in total. The second kappa shape index (κ2) is 9.03. The van der Waals surface area contributed by atoms with Crippen LogP contribution in [0.3, 0.4) is 0 Å². The van der Waals surface area contributed by atoms with Crippen molar-refractivity contribution in [3.05, 3.63) is 65.3 Å². The third-order valence-corrected chi connectivity index (χ3v) is 5.68. The van der Waals surface area contributed by atoms with E-state index in [1.807, 2.05) is 12.1 Å². The average molecular weight is 445 g/mol. The molecule has 9 heteroatoms. The summed E-state index contributed by atoms with van der Waals surface area (Å²) in [5, 5.41) is 2.66. The van der Waals surface area contributed by atoms with Crippen molar-refractivity contribution in [1.29, 1.82) is 0 Å². The molecule has 0 atom stereocenters. The summed E-state index contributed by atoms with van der Waals surface area (Å²) in [6.45, 7) is 4.00. The van der Waals surface area contributed by atoms with Gasteiger partial charge in [0, 0.05) is 50.8 Å². The number of anilines is 5. The van der Waals surface area contributed by atoms with Gasteiger partial charge in [-0.25, -0.2) is 13.8 Å². The first-order chi connectivity index (χ1) is 14.9. The van der Waals surface area contributed by atoms with Gasteiger partial charge < -0.3 is 20.0 Å². The van der Waals surface area contributed by atoms with Crippen LogP contribution in [0.15, 0.2) is 48.7 Å². The Bertz CT molecular complexity index is 1070. The van der Waals surface area contributed by atoms with Gasteiger partial charge in [0.1, 0.15) is 16.7 Å². The summed E-state index contributed by atoms with van der Waals surface area (Å²) in [6, 6.07) is 12.2. The zero-order chi connectivity index (χ0) is 22.0. The van der Waals surface area contributed by atoms with E-state index in [-0.39, 0.29) is 5.69 Å². The van der Waals surface area contributed by atoms with Crippen LogP contribution in [-0.2, 0) is 0 Å². The first-order valence-corrected chi connectivity index (χ1v) is 10.3. The van der Waals surface area contributed by atoms with E-state index in [2.05, 4.69) is 44.3 Å². The van der Waals surface area contributed by atoms with Crippen molar-refractivity contribution in [3.8, 4) is 0 Å². The van der Waals surface area contributed by atoms with Crippen LogP contribution in [0.4, 0.5) is 37.6 Å². The molecule has 162 valence electrons. The molecule has 0 radical (unpaired) electrons. The van der Waals surface area contributed by atoms with E-state index in [0.29, 0.717) is 11.8 Å². The molecule has 4 rings (SSSR count). The molecule has 1 aliphatic rings. The molecule has 1 aromatic heterocycles. The van der Waals surface area contributed by atoms with Crippen LogP contribution in [-0.4, -0.2) is 55.1 Å². The topological polar surface area (TPSA) is 47.5 Å². The van der Waals surface area contributed by atoms with Crippen molar-refractivity contribution in [2.75, 3.05) is 55.4 Å². The van der Waals surface area contributed by atoms with Crippen LogP contribution in [0.2, 0.25) is 5.02 Å². The number of hydrogen-bond donors (Lipinski definition) is 1. The Labute approximate surface area is 185 Å². The first-order valence-electron chi connectivity index (χ1n) is 9.93. The fourth-order valence-electron chi connectivity index (χ4n) is 3.47. The van der Waals surface area contributed by atoms with Gasteiger partial charge in [-0.1, -0.05) is 17.7 Å². The Kier molecular flexibility index (Phi) is 6.20. The molecule has 0 bridgehead atoms. The quantitative estimate of drug-likeness (QED) is 0.577. The van der Waals surface area contributed by atoms with Crippen LogP contribution in [0.1, 0.15) is 0 Å². The first kappa shape index (κ1) is 21.3. The van der Waals surface area contributed by atoms with Gasteiger partial charge in [0.05, 0.1) is 5.69 Å². The number of hydrogen-bond acceptors (Lipinski definition) is 6. The van der Waals surface area contributed by atoms with E-state index >= 15 is 0 Å². The van der Waals surface area contributed by atoms with Crippen molar-refractivity contribution >= 4 is 40.4 Å². The van der Waals surface area contributed by atoms with E-state index in [1.54, 1.807) is 19.3 Å². The predicted molar refractivity (Wildman–Crippen MR) is 121 cm³/mol. The number of aromatic nitrogens is 2. The maximum Gasteiger partial charge on any atom is 0.229 e. The maximum atomic E-state index is 14.4. The maximum absolute atomic E-state index is 14.4. The largest absolute Gasteiger partial charge is 0.369 e. The highest BCUT2D eigenvalue weighted by atomic mass is 35.5.